The summed E-state index contributed by atoms with van der Waals surface area (Å²) in [5.74, 6) is 0.252. The molecule has 7 nitrogen and oxygen atoms in total. The van der Waals surface area contributed by atoms with E-state index < -0.39 is 0 Å². The van der Waals surface area contributed by atoms with Gasteiger partial charge in [0.05, 0.1) is 10.7 Å². The molecule has 24 heavy (non-hydrogen) atoms. The quantitative estimate of drug-likeness (QED) is 0.637. The summed E-state index contributed by atoms with van der Waals surface area (Å²) in [6.45, 7) is 0. The lowest BCUT2D eigenvalue weighted by Crippen LogP contribution is -2.47. The van der Waals surface area contributed by atoms with E-state index in [-0.39, 0.29) is 22.3 Å². The second-order valence-corrected chi connectivity index (χ2v) is 6.29. The van der Waals surface area contributed by atoms with E-state index in [4.69, 9.17) is 11.6 Å². The standard InChI is InChI=1S/C16H18ClN5O2/c1-22-14(15(24)21-16(22)5-2-3-6-16)12(17)8-11(9-23)20-13-4-7-18-10-19-13/h4,7-10H,2-3,5-6H2,1H3,(H,21,24)(H,18,19,20)/b11-8+,14-12+. The molecule has 0 bridgehead atoms. The van der Waals surface area contributed by atoms with Crippen molar-refractivity contribution >= 4 is 29.6 Å². The van der Waals surface area contributed by atoms with Crippen molar-refractivity contribution in [2.45, 2.75) is 31.3 Å². The molecule has 3 rings (SSSR count). The van der Waals surface area contributed by atoms with Gasteiger partial charge in [-0.05, 0) is 37.8 Å². The third-order valence-corrected chi connectivity index (χ3v) is 4.75. The maximum absolute atomic E-state index is 12.4. The predicted molar refractivity (Wildman–Crippen MR) is 89.8 cm³/mol. The zero-order chi connectivity index (χ0) is 17.2. The van der Waals surface area contributed by atoms with E-state index in [1.54, 1.807) is 12.3 Å². The minimum atomic E-state index is -0.345. The Hall–Kier alpha value is -2.41. The number of aromatic nitrogens is 2. The summed E-state index contributed by atoms with van der Waals surface area (Å²) in [5, 5.41) is 6.09. The smallest absolute Gasteiger partial charge is 0.270 e. The van der Waals surface area contributed by atoms with Crippen molar-refractivity contribution in [2.24, 2.45) is 0 Å². The van der Waals surface area contributed by atoms with Crippen molar-refractivity contribution < 1.29 is 9.59 Å². The summed E-state index contributed by atoms with van der Waals surface area (Å²) in [7, 11) is 1.85. The van der Waals surface area contributed by atoms with Gasteiger partial charge in [-0.1, -0.05) is 11.6 Å². The first kappa shape index (κ1) is 16.4. The molecule has 0 radical (unpaired) electrons. The number of hydrogen-bond donors (Lipinski definition) is 2. The second kappa shape index (κ2) is 6.60. The summed E-state index contributed by atoms with van der Waals surface area (Å²) in [4.78, 5) is 33.4. The average Bonchev–Trinajstić information content (AvgIpc) is 3.13. The minimum Gasteiger partial charge on any atom is -0.346 e. The van der Waals surface area contributed by atoms with Crippen LogP contribution in [-0.4, -0.2) is 39.8 Å². The third-order valence-electron chi connectivity index (χ3n) is 4.46. The van der Waals surface area contributed by atoms with Crippen LogP contribution in [0.15, 0.2) is 41.1 Å². The first-order valence-electron chi connectivity index (χ1n) is 7.72. The molecule has 2 N–H and O–H groups in total. The van der Waals surface area contributed by atoms with Crippen LogP contribution in [0.3, 0.4) is 0 Å². The average molecular weight is 348 g/mol. The van der Waals surface area contributed by atoms with Gasteiger partial charge in [0, 0.05) is 13.2 Å². The summed E-state index contributed by atoms with van der Waals surface area (Å²) < 4.78 is 0. The Bertz CT molecular complexity index is 710. The molecule has 1 aliphatic heterocycles. The van der Waals surface area contributed by atoms with E-state index >= 15 is 0 Å². The van der Waals surface area contributed by atoms with E-state index in [9.17, 15) is 9.59 Å². The fourth-order valence-corrected chi connectivity index (χ4v) is 3.56. The summed E-state index contributed by atoms with van der Waals surface area (Å²) in [5.41, 5.74) is 0.240. The fraction of sp³-hybridized carbons (Fsp3) is 0.375. The van der Waals surface area contributed by atoms with Gasteiger partial charge >= 0.3 is 0 Å². The maximum Gasteiger partial charge on any atom is 0.270 e. The van der Waals surface area contributed by atoms with Gasteiger partial charge in [0.2, 0.25) is 0 Å². The number of nitrogens with one attached hydrogen (secondary N) is 2. The lowest BCUT2D eigenvalue weighted by atomic mass is 10.1. The summed E-state index contributed by atoms with van der Waals surface area (Å²) >= 11 is 6.35. The summed E-state index contributed by atoms with van der Waals surface area (Å²) in [6.07, 6.45) is 8.92. The van der Waals surface area contributed by atoms with Gasteiger partial charge in [-0.15, -0.1) is 0 Å². The van der Waals surface area contributed by atoms with E-state index in [0.717, 1.165) is 25.7 Å². The van der Waals surface area contributed by atoms with Crippen LogP contribution >= 0.6 is 11.6 Å². The number of likely N-dealkylation sites (N-methyl/N-ethyl adjacent to an activating group) is 1. The molecule has 2 heterocycles. The monoisotopic (exact) mass is 347 g/mol. The molecule has 1 aromatic rings. The highest BCUT2D eigenvalue weighted by atomic mass is 35.5. The van der Waals surface area contributed by atoms with Crippen LogP contribution in [0.25, 0.3) is 0 Å². The number of carbonyl (C=O) groups excluding carboxylic acids is 2. The molecular formula is C16H18ClN5O2. The van der Waals surface area contributed by atoms with Crippen molar-refractivity contribution in [3.63, 3.8) is 0 Å². The topological polar surface area (TPSA) is 87.2 Å². The van der Waals surface area contributed by atoms with Crippen LogP contribution < -0.4 is 10.6 Å². The van der Waals surface area contributed by atoms with Crippen molar-refractivity contribution in [1.29, 1.82) is 0 Å². The van der Waals surface area contributed by atoms with E-state index in [0.29, 0.717) is 17.8 Å². The van der Waals surface area contributed by atoms with Crippen LogP contribution in [0.1, 0.15) is 25.7 Å². The van der Waals surface area contributed by atoms with E-state index in [1.165, 1.54) is 12.4 Å². The highest BCUT2D eigenvalue weighted by molar-refractivity contribution is 6.33. The van der Waals surface area contributed by atoms with Crippen LogP contribution in [0.4, 0.5) is 5.82 Å². The van der Waals surface area contributed by atoms with E-state index in [2.05, 4.69) is 20.6 Å². The lowest BCUT2D eigenvalue weighted by molar-refractivity contribution is -0.117. The van der Waals surface area contributed by atoms with Crippen molar-refractivity contribution in [1.82, 2.24) is 20.2 Å². The Labute approximate surface area is 144 Å². The van der Waals surface area contributed by atoms with Crippen LogP contribution in [0, 0.1) is 0 Å². The number of hydrogen-bond acceptors (Lipinski definition) is 6. The highest BCUT2D eigenvalue weighted by Crippen LogP contribution is 2.39. The number of aldehydes is 1. The maximum atomic E-state index is 12.4. The fourth-order valence-electron chi connectivity index (χ4n) is 3.23. The molecule has 2 fully saturated rings. The van der Waals surface area contributed by atoms with E-state index in [1.807, 2.05) is 11.9 Å². The molecule has 0 atom stereocenters. The molecule has 1 saturated carbocycles. The number of nitrogens with zero attached hydrogens (tertiary/aromatic N) is 3. The SMILES string of the molecule is CN1/C(=C(Cl)\C=C(/C=O)Nc2ccncn2)C(=O)NC12CCCC2. The van der Waals surface area contributed by atoms with Crippen LogP contribution in [-0.2, 0) is 9.59 Å². The molecule has 0 unspecified atom stereocenters. The van der Waals surface area contributed by atoms with Gasteiger partial charge < -0.3 is 15.5 Å². The molecular weight excluding hydrogens is 330 g/mol. The molecule has 1 saturated heterocycles. The second-order valence-electron chi connectivity index (χ2n) is 5.89. The summed E-state index contributed by atoms with van der Waals surface area (Å²) in [6, 6.07) is 1.63. The Morgan fingerprint density at radius 3 is 2.83 bits per heavy atom. The number of rotatable bonds is 4. The minimum absolute atomic E-state index is 0.208. The number of amides is 1. The van der Waals surface area contributed by atoms with Gasteiger partial charge in [-0.25, -0.2) is 9.97 Å². The third kappa shape index (κ3) is 2.99. The van der Waals surface area contributed by atoms with Crippen molar-refractivity contribution in [2.75, 3.05) is 12.4 Å². The molecule has 1 aromatic heterocycles. The molecule has 0 aromatic carbocycles. The van der Waals surface area contributed by atoms with Crippen molar-refractivity contribution in [3.05, 3.63) is 41.1 Å². The lowest BCUT2D eigenvalue weighted by Gasteiger charge is -2.32. The Balaban J connectivity index is 1.88. The van der Waals surface area contributed by atoms with Crippen molar-refractivity contribution in [3.8, 4) is 0 Å². The largest absolute Gasteiger partial charge is 0.346 e. The molecule has 1 spiro atoms. The first-order chi connectivity index (χ1) is 11.6. The van der Waals surface area contributed by atoms with Gasteiger partial charge in [0.1, 0.15) is 23.5 Å². The first-order valence-corrected chi connectivity index (χ1v) is 8.09. The number of anilines is 1. The van der Waals surface area contributed by atoms with Crippen LogP contribution in [0.2, 0.25) is 0 Å². The number of allylic oxidation sites excluding steroid dienone is 3. The predicted octanol–water partition coefficient (Wildman–Crippen LogP) is 1.75. The van der Waals surface area contributed by atoms with Gasteiger partial charge in [0.25, 0.3) is 5.91 Å². The molecule has 1 amide bonds. The normalized spacial score (nSPS) is 21.8. The van der Waals surface area contributed by atoms with Gasteiger partial charge in [-0.2, -0.15) is 0 Å². The van der Waals surface area contributed by atoms with Gasteiger partial charge in [-0.3, -0.25) is 9.59 Å². The van der Waals surface area contributed by atoms with Crippen LogP contribution in [0.5, 0.6) is 0 Å². The Morgan fingerprint density at radius 2 is 2.21 bits per heavy atom. The van der Waals surface area contributed by atoms with Gasteiger partial charge in [0.15, 0.2) is 6.29 Å². The Morgan fingerprint density at radius 1 is 1.46 bits per heavy atom. The molecule has 126 valence electrons. The molecule has 8 heteroatoms. The number of halogens is 1. The highest BCUT2D eigenvalue weighted by Gasteiger charge is 2.47. The zero-order valence-electron chi connectivity index (χ0n) is 13.3. The number of carbonyl (C=O) groups is 2. The molecule has 1 aliphatic carbocycles. The zero-order valence-corrected chi connectivity index (χ0v) is 14.0. The molecule has 2 aliphatic rings. The Kier molecular flexibility index (Phi) is 4.53.